The highest BCUT2D eigenvalue weighted by molar-refractivity contribution is 7.84. The molecule has 0 saturated heterocycles. The highest BCUT2D eigenvalue weighted by Gasteiger charge is 2.24. The second-order valence-corrected chi connectivity index (χ2v) is 9.30. The maximum Gasteiger partial charge on any atom is 0.196 e. The van der Waals surface area contributed by atoms with Crippen molar-refractivity contribution < 1.29 is 18.5 Å². The van der Waals surface area contributed by atoms with Crippen molar-refractivity contribution in [2.75, 3.05) is 31.0 Å². The van der Waals surface area contributed by atoms with Crippen LogP contribution in [0.1, 0.15) is 73.8 Å². The average molecular weight is 474 g/mol. The van der Waals surface area contributed by atoms with E-state index in [4.69, 9.17) is 0 Å². The molecule has 0 bridgehead atoms. The summed E-state index contributed by atoms with van der Waals surface area (Å²) >= 11 is -1.83. The van der Waals surface area contributed by atoms with Crippen LogP contribution in [0.2, 0.25) is 0 Å². The molecule has 0 radical (unpaired) electrons. The van der Waals surface area contributed by atoms with E-state index in [0.29, 0.717) is 30.4 Å². The van der Waals surface area contributed by atoms with E-state index in [9.17, 15) is 18.5 Å². The number of phenols is 1. The Morgan fingerprint density at radius 2 is 1.78 bits per heavy atom. The van der Waals surface area contributed by atoms with E-state index in [1.54, 1.807) is 0 Å². The van der Waals surface area contributed by atoms with E-state index >= 15 is 0 Å². The van der Waals surface area contributed by atoms with Gasteiger partial charge in [0.15, 0.2) is 17.0 Å². The van der Waals surface area contributed by atoms with Gasteiger partial charge in [0.2, 0.25) is 0 Å². The van der Waals surface area contributed by atoms with Crippen molar-refractivity contribution >= 4 is 28.7 Å². The van der Waals surface area contributed by atoms with Crippen molar-refractivity contribution in [3.63, 3.8) is 0 Å². The second-order valence-electron chi connectivity index (χ2n) is 7.96. The van der Waals surface area contributed by atoms with E-state index in [1.165, 1.54) is 32.0 Å². The lowest BCUT2D eigenvalue weighted by atomic mass is 9.94. The number of anilines is 1. The van der Waals surface area contributed by atoms with Gasteiger partial charge in [0.1, 0.15) is 17.7 Å². The summed E-state index contributed by atoms with van der Waals surface area (Å²) in [4.78, 5) is 10.7. The number of nitrogens with one attached hydrogen (secondary N) is 2. The lowest BCUT2D eigenvalue weighted by Crippen LogP contribution is -2.35. The van der Waals surface area contributed by atoms with Crippen LogP contribution in [-0.2, 0) is 16.0 Å². The number of carbonyl (C=O) groups is 1. The third kappa shape index (κ3) is 11.7. The zero-order valence-corrected chi connectivity index (χ0v) is 22.2. The predicted octanol–water partition coefficient (Wildman–Crippen LogP) is 5.21. The Bertz CT molecular complexity index is 719. The first-order chi connectivity index (χ1) is 15.1. The summed E-state index contributed by atoms with van der Waals surface area (Å²) < 4.78 is 30.0. The fourth-order valence-electron chi connectivity index (χ4n) is 2.14. The quantitative estimate of drug-likeness (QED) is 0.496. The van der Waals surface area contributed by atoms with Crippen molar-refractivity contribution in [3.05, 3.63) is 29.6 Å². The molecule has 1 aliphatic rings. The molecule has 1 atom stereocenters. The molecule has 2 rings (SSSR count). The summed E-state index contributed by atoms with van der Waals surface area (Å²) in [6.07, 6.45) is 4.86. The topological polar surface area (TPSA) is 81.7 Å². The van der Waals surface area contributed by atoms with E-state index < -0.39 is 17.0 Å². The van der Waals surface area contributed by atoms with Crippen LogP contribution in [0.4, 0.5) is 10.1 Å². The maximum absolute atomic E-state index is 14.7. The van der Waals surface area contributed by atoms with Crippen LogP contribution in [0.5, 0.6) is 5.75 Å². The molecule has 3 N–H and O–H groups in total. The van der Waals surface area contributed by atoms with Gasteiger partial charge in [0.25, 0.3) is 0 Å². The molecule has 1 aliphatic heterocycles. The molecule has 1 unspecified atom stereocenters. The first-order valence-electron chi connectivity index (χ1n) is 11.3. The number of aromatic hydroxyl groups is 1. The summed E-state index contributed by atoms with van der Waals surface area (Å²) in [6, 6.07) is 2.80. The van der Waals surface area contributed by atoms with Gasteiger partial charge in [-0.05, 0) is 30.2 Å². The molecule has 0 amide bonds. The van der Waals surface area contributed by atoms with Gasteiger partial charge in [0, 0.05) is 18.7 Å². The molecule has 6 nitrogen and oxygen atoms in total. The van der Waals surface area contributed by atoms with Crippen LogP contribution in [0, 0.1) is 11.2 Å². The van der Waals surface area contributed by atoms with Crippen LogP contribution in [0.15, 0.2) is 18.2 Å². The Morgan fingerprint density at radius 1 is 1.25 bits per heavy atom. The van der Waals surface area contributed by atoms with Gasteiger partial charge in [-0.3, -0.25) is 4.31 Å². The van der Waals surface area contributed by atoms with Gasteiger partial charge in [0.05, 0.1) is 6.54 Å². The van der Waals surface area contributed by atoms with Crippen molar-refractivity contribution in [2.24, 2.45) is 5.41 Å². The number of phenolic OH excluding ortho intramolecular Hbond substituents is 1. The molecule has 186 valence electrons. The molecule has 1 heterocycles. The number of benzene rings is 1. The number of halogens is 1. The molecule has 0 fully saturated rings. The third-order valence-electron chi connectivity index (χ3n) is 4.17. The van der Waals surface area contributed by atoms with Gasteiger partial charge in [-0.15, -0.1) is 0 Å². The maximum atomic E-state index is 14.7. The minimum Gasteiger partial charge on any atom is -0.506 e. The summed E-state index contributed by atoms with van der Waals surface area (Å²) in [6.45, 7) is 18.0. The number of carbonyl (C=O) groups excluding carboxylic acids is 1. The van der Waals surface area contributed by atoms with Gasteiger partial charge in [-0.2, -0.15) is 0 Å². The normalized spacial score (nSPS) is 13.2. The Kier molecular flexibility index (Phi) is 18.0. The molecule has 0 aliphatic carbocycles. The van der Waals surface area contributed by atoms with Crippen LogP contribution < -0.4 is 14.3 Å². The highest BCUT2D eigenvalue weighted by atomic mass is 32.2. The van der Waals surface area contributed by atoms with Gasteiger partial charge < -0.3 is 15.2 Å². The van der Waals surface area contributed by atoms with Gasteiger partial charge in [-0.1, -0.05) is 74.3 Å². The fourth-order valence-corrected chi connectivity index (χ4v) is 2.90. The molecule has 0 aromatic heterocycles. The van der Waals surface area contributed by atoms with Crippen molar-refractivity contribution in [1.29, 1.82) is 0 Å². The van der Waals surface area contributed by atoms with E-state index in [2.05, 4.69) is 51.6 Å². The lowest BCUT2D eigenvalue weighted by molar-refractivity contribution is -0.106. The average Bonchev–Trinajstić information content (AvgIpc) is 3.29. The monoisotopic (exact) mass is 473 g/mol. The van der Waals surface area contributed by atoms with Gasteiger partial charge in [-0.25, -0.2) is 13.3 Å². The Labute approximate surface area is 197 Å². The van der Waals surface area contributed by atoms with E-state index in [1.807, 2.05) is 19.9 Å². The Morgan fingerprint density at radius 3 is 2.16 bits per heavy atom. The zero-order valence-electron chi connectivity index (χ0n) is 21.3. The lowest BCUT2D eigenvalue weighted by Gasteiger charge is -2.22. The molecular formula is C24H44FN3O3S. The second kappa shape index (κ2) is 17.7. The van der Waals surface area contributed by atoms with Crippen LogP contribution >= 0.6 is 0 Å². The standard InChI is InChI=1S/C13H16FN3O3S.C6H14.C3H8.C2H6/c1-15-21(20)17(6-7-18)13-11(19)3-2-10(12(13)14)9-4-5-16-8-9;1-5-6(2,3)4;1-3-2;1-2/h2-4,7,15-16,19H,5-6,8H2,1H3;5H2,1-4H3;3H2,1-2H3;1-2H3. The van der Waals surface area contributed by atoms with Crippen LogP contribution in [0.25, 0.3) is 5.57 Å². The molecule has 1 aromatic carbocycles. The minimum atomic E-state index is -1.83. The first kappa shape index (κ1) is 32.4. The number of aldehydes is 1. The van der Waals surface area contributed by atoms with Crippen molar-refractivity contribution in [2.45, 2.75) is 68.2 Å². The SMILES string of the molecule is CC.CCC.CCC(C)(C)C.CNS(=O)N(CC=O)c1c(O)ccc(C2=CCNC2)c1F. The van der Waals surface area contributed by atoms with Gasteiger partial charge >= 0.3 is 0 Å². The molecule has 0 saturated carbocycles. The summed E-state index contributed by atoms with van der Waals surface area (Å²) in [7, 11) is 1.41. The highest BCUT2D eigenvalue weighted by Crippen LogP contribution is 2.35. The largest absolute Gasteiger partial charge is 0.506 e. The third-order valence-corrected chi connectivity index (χ3v) is 5.26. The van der Waals surface area contributed by atoms with Crippen molar-refractivity contribution in [3.8, 4) is 5.75 Å². The molecule has 0 spiro atoms. The summed E-state index contributed by atoms with van der Waals surface area (Å²) in [5, 5.41) is 13.0. The molecular weight excluding hydrogens is 429 g/mol. The van der Waals surface area contributed by atoms with E-state index in [-0.39, 0.29) is 18.0 Å². The number of hydrogen-bond acceptors (Lipinski definition) is 4. The predicted molar refractivity (Wildman–Crippen MR) is 137 cm³/mol. The first-order valence-corrected chi connectivity index (χ1v) is 12.4. The number of rotatable bonds is 6. The molecule has 8 heteroatoms. The minimum absolute atomic E-state index is 0.250. The molecule has 32 heavy (non-hydrogen) atoms. The molecule has 1 aromatic rings. The van der Waals surface area contributed by atoms with E-state index in [0.717, 1.165) is 9.88 Å². The van der Waals surface area contributed by atoms with Crippen LogP contribution in [0.3, 0.4) is 0 Å². The Balaban J connectivity index is 0. The fraction of sp³-hybridized carbons (Fsp3) is 0.625. The summed E-state index contributed by atoms with van der Waals surface area (Å²) in [5.41, 5.74) is 1.37. The smallest absolute Gasteiger partial charge is 0.196 e. The Hall–Kier alpha value is -1.77. The van der Waals surface area contributed by atoms with Crippen molar-refractivity contribution in [1.82, 2.24) is 10.0 Å². The van der Waals surface area contributed by atoms with Crippen LogP contribution in [-0.4, -0.2) is 42.3 Å². The number of hydrogen-bond donors (Lipinski definition) is 3. The number of nitrogens with zero attached hydrogens (tertiary/aromatic N) is 1. The zero-order chi connectivity index (χ0) is 25.3. The summed E-state index contributed by atoms with van der Waals surface area (Å²) in [5.74, 6) is -1.07.